The van der Waals surface area contributed by atoms with Gasteiger partial charge in [-0.3, -0.25) is 4.98 Å². The molecule has 2 heteroatoms. The Morgan fingerprint density at radius 1 is 0.595 bits per heavy atom. The predicted octanol–water partition coefficient (Wildman–Crippen LogP) is 11.4. The Hall–Kier alpha value is -4.95. The maximum absolute atomic E-state index is 8.64. The SMILES string of the molecule is [2H]C([2H])(c1ccc(-c2ccnc(-c3cccc4c3oc3cc5c6ccccc6c6ccccc6c5cc34)c2)cc1)C(C)(C)C. The van der Waals surface area contributed by atoms with E-state index >= 15 is 0 Å². The van der Waals surface area contributed by atoms with E-state index in [1.54, 1.807) is 0 Å². The molecule has 0 unspecified atom stereocenters. The predicted molar refractivity (Wildman–Crippen MR) is 178 cm³/mol. The van der Waals surface area contributed by atoms with Crippen molar-refractivity contribution in [1.29, 1.82) is 0 Å². The maximum Gasteiger partial charge on any atom is 0.144 e. The molecule has 0 amide bonds. The van der Waals surface area contributed by atoms with Gasteiger partial charge in [-0.25, -0.2) is 0 Å². The second-order valence-electron chi connectivity index (χ2n) is 12.2. The summed E-state index contributed by atoms with van der Waals surface area (Å²) in [5, 5.41) is 9.53. The largest absolute Gasteiger partial charge is 0.455 e. The van der Waals surface area contributed by atoms with Crippen LogP contribution in [0.25, 0.3) is 76.6 Å². The fourth-order valence-corrected chi connectivity index (χ4v) is 6.33. The minimum atomic E-state index is -1.44. The van der Waals surface area contributed by atoms with E-state index in [0.717, 1.165) is 44.3 Å². The molecule has 0 saturated heterocycles. The molecule has 2 heterocycles. The number of furan rings is 1. The lowest BCUT2D eigenvalue weighted by Gasteiger charge is -2.18. The van der Waals surface area contributed by atoms with Gasteiger partial charge in [0, 0.05) is 25.3 Å². The van der Waals surface area contributed by atoms with Gasteiger partial charge < -0.3 is 4.42 Å². The van der Waals surface area contributed by atoms with Crippen molar-refractivity contribution in [3.05, 3.63) is 127 Å². The van der Waals surface area contributed by atoms with Gasteiger partial charge in [-0.05, 0) is 91.1 Å². The van der Waals surface area contributed by atoms with Crippen LogP contribution in [0.4, 0.5) is 0 Å². The highest BCUT2D eigenvalue weighted by atomic mass is 16.3. The first-order chi connectivity index (χ1) is 21.2. The van der Waals surface area contributed by atoms with Gasteiger partial charge in [0.1, 0.15) is 11.2 Å². The summed E-state index contributed by atoms with van der Waals surface area (Å²) in [6.07, 6.45) is 0.399. The summed E-state index contributed by atoms with van der Waals surface area (Å²) in [5.41, 5.74) is 5.68. The molecule has 0 radical (unpaired) electrons. The Labute approximate surface area is 248 Å². The number of pyridine rings is 1. The van der Waals surface area contributed by atoms with Gasteiger partial charge in [0.15, 0.2) is 0 Å². The summed E-state index contributed by atoms with van der Waals surface area (Å²) in [6.45, 7) is 5.80. The van der Waals surface area contributed by atoms with Gasteiger partial charge in [-0.1, -0.05) is 106 Å². The van der Waals surface area contributed by atoms with Crippen molar-refractivity contribution in [2.45, 2.75) is 27.1 Å². The van der Waals surface area contributed by atoms with E-state index in [9.17, 15) is 0 Å². The first kappa shape index (κ1) is 22.7. The van der Waals surface area contributed by atoms with E-state index < -0.39 is 11.8 Å². The zero-order chi connectivity index (χ0) is 30.2. The van der Waals surface area contributed by atoms with Crippen LogP contribution in [0.3, 0.4) is 0 Å². The zero-order valence-electron chi connectivity index (χ0n) is 25.9. The highest BCUT2D eigenvalue weighted by Crippen LogP contribution is 2.41. The van der Waals surface area contributed by atoms with E-state index in [-0.39, 0.29) is 0 Å². The van der Waals surface area contributed by atoms with Crippen molar-refractivity contribution in [2.24, 2.45) is 5.41 Å². The van der Waals surface area contributed by atoms with Gasteiger partial charge in [0.25, 0.3) is 0 Å². The topological polar surface area (TPSA) is 26.0 Å². The standard InChI is InChI=1S/C40H31NO/c1-40(2,3)24-25-15-17-26(18-16-25)27-19-20-41-37(21-27)33-14-8-13-32-36-22-34-30-11-6-4-9-28(30)29-10-5-7-12-31(29)35(34)23-38(36)42-39(32)33/h4-23H,24H2,1-3H3/i24D2. The first-order valence-electron chi connectivity index (χ1n) is 15.5. The van der Waals surface area contributed by atoms with E-state index in [2.05, 4.69) is 84.9 Å². The lowest BCUT2D eigenvalue weighted by Crippen LogP contribution is -2.08. The van der Waals surface area contributed by atoms with Gasteiger partial charge >= 0.3 is 0 Å². The minimum absolute atomic E-state index is 0.504. The number of hydrogen-bond donors (Lipinski definition) is 0. The second kappa shape index (κ2) is 9.29. The van der Waals surface area contributed by atoms with Crippen LogP contribution in [0, 0.1) is 5.41 Å². The van der Waals surface area contributed by atoms with Crippen molar-refractivity contribution >= 4 is 54.3 Å². The summed E-state index contributed by atoms with van der Waals surface area (Å²) in [6, 6.07) is 39.9. The molecular formula is C40H31NO. The number of aromatic nitrogens is 1. The van der Waals surface area contributed by atoms with Gasteiger partial charge in [-0.2, -0.15) is 0 Å². The fraction of sp³-hybridized carbons (Fsp3) is 0.125. The summed E-state index contributed by atoms with van der Waals surface area (Å²) < 4.78 is 23.9. The summed E-state index contributed by atoms with van der Waals surface area (Å²) in [4.78, 5) is 4.76. The van der Waals surface area contributed by atoms with Crippen LogP contribution in [0.2, 0.25) is 0 Å². The molecule has 0 spiro atoms. The second-order valence-corrected chi connectivity index (χ2v) is 12.2. The maximum atomic E-state index is 8.64. The molecule has 202 valence electrons. The highest BCUT2D eigenvalue weighted by molar-refractivity contribution is 6.28. The Kier molecular flexibility index (Phi) is 5.02. The Balaban J connectivity index is 1.28. The van der Waals surface area contributed by atoms with E-state index in [1.807, 2.05) is 57.3 Å². The fourth-order valence-electron chi connectivity index (χ4n) is 6.33. The zero-order valence-corrected chi connectivity index (χ0v) is 23.9. The molecule has 0 aliphatic carbocycles. The minimum Gasteiger partial charge on any atom is -0.455 e. The average Bonchev–Trinajstić information content (AvgIpc) is 3.41. The van der Waals surface area contributed by atoms with E-state index in [0.29, 0.717) is 5.56 Å². The molecule has 6 aromatic carbocycles. The smallest absolute Gasteiger partial charge is 0.144 e. The van der Waals surface area contributed by atoms with Crippen LogP contribution >= 0.6 is 0 Å². The molecule has 0 aliphatic rings. The number of hydrogen-bond acceptors (Lipinski definition) is 2. The molecule has 0 saturated carbocycles. The molecule has 8 aromatic rings. The number of fused-ring (bicyclic) bond motifs is 9. The van der Waals surface area contributed by atoms with Crippen molar-refractivity contribution in [3.8, 4) is 22.4 Å². The van der Waals surface area contributed by atoms with Crippen molar-refractivity contribution in [2.75, 3.05) is 0 Å². The number of nitrogens with zero attached hydrogens (tertiary/aromatic N) is 1. The van der Waals surface area contributed by atoms with E-state index in [1.165, 1.54) is 32.3 Å². The lowest BCUT2D eigenvalue weighted by molar-refractivity contribution is 0.411. The average molecular weight is 544 g/mol. The summed E-state index contributed by atoms with van der Waals surface area (Å²) in [7, 11) is 0. The Morgan fingerprint density at radius 3 is 1.88 bits per heavy atom. The molecule has 42 heavy (non-hydrogen) atoms. The van der Waals surface area contributed by atoms with Crippen LogP contribution in [0.1, 0.15) is 29.1 Å². The molecule has 0 aliphatic heterocycles. The molecule has 0 bridgehead atoms. The third kappa shape index (κ3) is 4.06. The summed E-state index contributed by atoms with van der Waals surface area (Å²) >= 11 is 0. The Morgan fingerprint density at radius 2 is 1.21 bits per heavy atom. The molecule has 0 N–H and O–H groups in total. The number of para-hydroxylation sites is 1. The molecule has 2 nitrogen and oxygen atoms in total. The molecule has 2 aromatic heterocycles. The van der Waals surface area contributed by atoms with Crippen LogP contribution in [-0.2, 0) is 6.37 Å². The Bertz CT molecular complexity index is 2390. The summed E-state index contributed by atoms with van der Waals surface area (Å²) in [5.74, 6) is 0. The van der Waals surface area contributed by atoms with Gasteiger partial charge in [-0.15, -0.1) is 0 Å². The van der Waals surface area contributed by atoms with Crippen molar-refractivity contribution in [3.63, 3.8) is 0 Å². The third-order valence-corrected chi connectivity index (χ3v) is 8.14. The van der Waals surface area contributed by atoms with Crippen molar-refractivity contribution in [1.82, 2.24) is 4.98 Å². The molecule has 0 fully saturated rings. The molecule has 8 rings (SSSR count). The van der Waals surface area contributed by atoms with Crippen LogP contribution < -0.4 is 0 Å². The highest BCUT2D eigenvalue weighted by Gasteiger charge is 2.17. The van der Waals surface area contributed by atoms with Gasteiger partial charge in [0.05, 0.1) is 5.69 Å². The first-order valence-corrected chi connectivity index (χ1v) is 14.5. The van der Waals surface area contributed by atoms with Gasteiger partial charge in [0.2, 0.25) is 0 Å². The number of rotatable bonds is 3. The molecular weight excluding hydrogens is 510 g/mol. The van der Waals surface area contributed by atoms with E-state index in [4.69, 9.17) is 12.1 Å². The third-order valence-electron chi connectivity index (χ3n) is 8.14. The van der Waals surface area contributed by atoms with Crippen LogP contribution in [0.15, 0.2) is 126 Å². The quantitative estimate of drug-likeness (QED) is 0.207. The lowest BCUT2D eigenvalue weighted by atomic mass is 9.87. The normalized spacial score (nSPS) is 13.3. The van der Waals surface area contributed by atoms with Crippen LogP contribution in [-0.4, -0.2) is 4.98 Å². The van der Waals surface area contributed by atoms with Crippen LogP contribution in [0.5, 0.6) is 0 Å². The van der Waals surface area contributed by atoms with Crippen molar-refractivity contribution < 1.29 is 7.16 Å². The molecule has 0 atom stereocenters. The number of benzene rings is 6. The monoisotopic (exact) mass is 543 g/mol.